The number of aryl methyl sites for hydroxylation is 1. The molecular weight excluding hydrogens is 370 g/mol. The lowest BCUT2D eigenvalue weighted by Gasteiger charge is -2.32. The van der Waals surface area contributed by atoms with Gasteiger partial charge in [-0.3, -0.25) is 14.6 Å². The molecule has 1 saturated carbocycles. The Labute approximate surface area is 169 Å². The molecule has 5 nitrogen and oxygen atoms in total. The molecular formula is C22H25N3O2S. The number of hydrogen-bond acceptors (Lipinski definition) is 4. The number of amides is 2. The third-order valence-corrected chi connectivity index (χ3v) is 6.74. The summed E-state index contributed by atoms with van der Waals surface area (Å²) in [5, 5.41) is 5.04. The first kappa shape index (κ1) is 18.9. The van der Waals surface area contributed by atoms with Crippen molar-refractivity contribution in [2.75, 3.05) is 13.1 Å². The zero-order valence-electron chi connectivity index (χ0n) is 16.1. The molecule has 2 amide bonds. The van der Waals surface area contributed by atoms with Crippen LogP contribution in [0.25, 0.3) is 6.08 Å². The van der Waals surface area contributed by atoms with E-state index in [0.29, 0.717) is 6.54 Å². The standard InChI is InChI=1S/C22H25N3O2S/c1-16-4-2-5-17(24-16)15-23-21(27)19-14-22(19)9-11-25(12-10-22)20(26)8-7-18-6-3-13-28-18/h2-8,13,19H,9-12,14-15H2,1H3,(H,23,27)/b8-7+. The van der Waals surface area contributed by atoms with Crippen LogP contribution in [0.15, 0.2) is 41.8 Å². The van der Waals surface area contributed by atoms with Crippen LogP contribution >= 0.6 is 11.3 Å². The Balaban J connectivity index is 1.25. The lowest BCUT2D eigenvalue weighted by molar-refractivity contribution is -0.127. The first-order valence-corrected chi connectivity index (χ1v) is 10.6. The average molecular weight is 396 g/mol. The van der Waals surface area contributed by atoms with Crippen LogP contribution in [0, 0.1) is 18.3 Å². The highest BCUT2D eigenvalue weighted by molar-refractivity contribution is 7.10. The minimum atomic E-state index is 0.0652. The molecule has 0 aromatic carbocycles. The Morgan fingerprint density at radius 2 is 2.11 bits per heavy atom. The van der Waals surface area contributed by atoms with Crippen molar-refractivity contribution < 1.29 is 9.59 Å². The Bertz CT molecular complexity index is 883. The Morgan fingerprint density at radius 1 is 1.29 bits per heavy atom. The zero-order chi connectivity index (χ0) is 19.6. The van der Waals surface area contributed by atoms with E-state index in [2.05, 4.69) is 10.3 Å². The van der Waals surface area contributed by atoms with Crippen LogP contribution in [0.3, 0.4) is 0 Å². The third kappa shape index (κ3) is 4.17. The topological polar surface area (TPSA) is 62.3 Å². The van der Waals surface area contributed by atoms with Crippen LogP contribution < -0.4 is 5.32 Å². The van der Waals surface area contributed by atoms with Crippen molar-refractivity contribution in [2.45, 2.75) is 32.7 Å². The van der Waals surface area contributed by atoms with E-state index < -0.39 is 0 Å². The summed E-state index contributed by atoms with van der Waals surface area (Å²) in [5.41, 5.74) is 1.94. The van der Waals surface area contributed by atoms with Gasteiger partial charge in [-0.25, -0.2) is 0 Å². The van der Waals surface area contributed by atoms with Crippen molar-refractivity contribution in [1.29, 1.82) is 0 Å². The molecule has 0 bridgehead atoms. The maximum absolute atomic E-state index is 12.6. The van der Waals surface area contributed by atoms with Gasteiger partial charge in [0.05, 0.1) is 12.2 Å². The summed E-state index contributed by atoms with van der Waals surface area (Å²) in [6, 6.07) is 9.82. The predicted molar refractivity (Wildman–Crippen MR) is 111 cm³/mol. The molecule has 146 valence electrons. The van der Waals surface area contributed by atoms with Gasteiger partial charge in [-0.15, -0.1) is 11.3 Å². The maximum atomic E-state index is 12.6. The van der Waals surface area contributed by atoms with E-state index >= 15 is 0 Å². The summed E-state index contributed by atoms with van der Waals surface area (Å²) in [4.78, 5) is 32.4. The largest absolute Gasteiger partial charge is 0.350 e. The van der Waals surface area contributed by atoms with E-state index in [-0.39, 0.29) is 23.1 Å². The minimum absolute atomic E-state index is 0.0652. The fourth-order valence-electron chi connectivity index (χ4n) is 4.09. The molecule has 1 aliphatic carbocycles. The van der Waals surface area contributed by atoms with E-state index in [1.54, 1.807) is 17.4 Å². The van der Waals surface area contributed by atoms with Crippen LogP contribution in [-0.4, -0.2) is 34.8 Å². The molecule has 3 heterocycles. The van der Waals surface area contributed by atoms with Gasteiger partial charge < -0.3 is 10.2 Å². The number of pyridine rings is 1. The monoisotopic (exact) mass is 395 g/mol. The van der Waals surface area contributed by atoms with Crippen molar-refractivity contribution in [3.63, 3.8) is 0 Å². The molecule has 2 aliphatic rings. The Hall–Kier alpha value is -2.47. The molecule has 1 spiro atoms. The first-order chi connectivity index (χ1) is 13.6. The SMILES string of the molecule is Cc1cccc(CNC(=O)C2CC23CCN(C(=O)/C=C/c2cccs2)CC3)n1. The van der Waals surface area contributed by atoms with Gasteiger partial charge in [0.1, 0.15) is 0 Å². The van der Waals surface area contributed by atoms with Crippen molar-refractivity contribution in [3.05, 3.63) is 58.1 Å². The van der Waals surface area contributed by atoms with Crippen molar-refractivity contribution in [2.24, 2.45) is 11.3 Å². The number of likely N-dealkylation sites (tertiary alicyclic amines) is 1. The number of carbonyl (C=O) groups is 2. The minimum Gasteiger partial charge on any atom is -0.350 e. The second-order valence-corrected chi connectivity index (χ2v) is 8.76. The lowest BCUT2D eigenvalue weighted by atomic mass is 9.90. The van der Waals surface area contributed by atoms with Crippen LogP contribution in [-0.2, 0) is 16.1 Å². The molecule has 2 aromatic rings. The number of thiophene rings is 1. The Morgan fingerprint density at radius 3 is 2.82 bits per heavy atom. The molecule has 1 saturated heterocycles. The number of nitrogens with one attached hydrogen (secondary N) is 1. The molecule has 0 radical (unpaired) electrons. The number of piperidine rings is 1. The highest BCUT2D eigenvalue weighted by Gasteiger charge is 2.58. The van der Waals surface area contributed by atoms with Crippen LogP contribution in [0.5, 0.6) is 0 Å². The maximum Gasteiger partial charge on any atom is 0.246 e. The first-order valence-electron chi connectivity index (χ1n) is 9.76. The smallest absolute Gasteiger partial charge is 0.246 e. The lowest BCUT2D eigenvalue weighted by Crippen LogP contribution is -2.39. The number of carbonyl (C=O) groups excluding carboxylic acids is 2. The van der Waals surface area contributed by atoms with Gasteiger partial charge in [-0.05, 0) is 61.3 Å². The highest BCUT2D eigenvalue weighted by atomic mass is 32.1. The van der Waals surface area contributed by atoms with Crippen molar-refractivity contribution in [3.8, 4) is 0 Å². The van der Waals surface area contributed by atoms with Gasteiger partial charge in [-0.2, -0.15) is 0 Å². The summed E-state index contributed by atoms with van der Waals surface area (Å²) in [6.07, 6.45) is 6.30. The summed E-state index contributed by atoms with van der Waals surface area (Å²) >= 11 is 1.62. The van der Waals surface area contributed by atoms with Crippen molar-refractivity contribution >= 4 is 29.2 Å². The van der Waals surface area contributed by atoms with E-state index in [0.717, 1.165) is 48.6 Å². The highest BCUT2D eigenvalue weighted by Crippen LogP contribution is 2.59. The second-order valence-electron chi connectivity index (χ2n) is 7.78. The van der Waals surface area contributed by atoms with E-state index in [1.807, 2.05) is 53.6 Å². The van der Waals surface area contributed by atoms with Crippen molar-refractivity contribution in [1.82, 2.24) is 15.2 Å². The van der Waals surface area contributed by atoms with E-state index in [4.69, 9.17) is 0 Å². The van der Waals surface area contributed by atoms with E-state index in [9.17, 15) is 9.59 Å². The number of hydrogen-bond donors (Lipinski definition) is 1. The van der Waals surface area contributed by atoms with Gasteiger partial charge in [0.25, 0.3) is 0 Å². The Kier molecular flexibility index (Phi) is 5.31. The molecule has 6 heteroatoms. The molecule has 1 N–H and O–H groups in total. The second kappa shape index (κ2) is 7.87. The summed E-state index contributed by atoms with van der Waals surface area (Å²) in [7, 11) is 0. The molecule has 1 atom stereocenters. The summed E-state index contributed by atoms with van der Waals surface area (Å²) < 4.78 is 0. The average Bonchev–Trinajstić information content (AvgIpc) is 3.14. The van der Waals surface area contributed by atoms with Gasteiger partial charge in [0.2, 0.25) is 11.8 Å². The van der Waals surface area contributed by atoms with Crippen LogP contribution in [0.1, 0.15) is 35.5 Å². The fraction of sp³-hybridized carbons (Fsp3) is 0.409. The third-order valence-electron chi connectivity index (χ3n) is 5.90. The number of rotatable bonds is 5. The molecule has 2 aromatic heterocycles. The van der Waals surface area contributed by atoms with Gasteiger partial charge in [-0.1, -0.05) is 12.1 Å². The molecule has 28 heavy (non-hydrogen) atoms. The molecule has 1 unspecified atom stereocenters. The van der Waals surface area contributed by atoms with E-state index in [1.165, 1.54) is 0 Å². The number of nitrogens with zero attached hydrogens (tertiary/aromatic N) is 2. The van der Waals surface area contributed by atoms with Gasteiger partial charge >= 0.3 is 0 Å². The molecule has 4 rings (SSSR count). The quantitative estimate of drug-likeness (QED) is 0.789. The van der Waals surface area contributed by atoms with Gasteiger partial charge in [0.15, 0.2) is 0 Å². The normalized spacial score (nSPS) is 20.5. The van der Waals surface area contributed by atoms with Crippen LogP contribution in [0.4, 0.5) is 0 Å². The number of aromatic nitrogens is 1. The predicted octanol–water partition coefficient (Wildman–Crippen LogP) is 3.41. The summed E-state index contributed by atoms with van der Waals surface area (Å²) in [5.74, 6) is 0.271. The van der Waals surface area contributed by atoms with Crippen LogP contribution in [0.2, 0.25) is 0 Å². The molecule has 1 aliphatic heterocycles. The summed E-state index contributed by atoms with van der Waals surface area (Å²) in [6.45, 7) is 3.89. The zero-order valence-corrected chi connectivity index (χ0v) is 16.9. The fourth-order valence-corrected chi connectivity index (χ4v) is 4.71. The molecule has 2 fully saturated rings. The van der Waals surface area contributed by atoms with Gasteiger partial charge in [0, 0.05) is 35.7 Å².